The van der Waals surface area contributed by atoms with Gasteiger partial charge in [-0.05, 0) is 43.2 Å². The molecule has 23 heavy (non-hydrogen) atoms. The van der Waals surface area contributed by atoms with E-state index in [0.717, 1.165) is 11.1 Å². The Balaban J connectivity index is 1.66. The van der Waals surface area contributed by atoms with Crippen molar-refractivity contribution >= 4 is 17.7 Å². The van der Waals surface area contributed by atoms with E-state index in [1.807, 2.05) is 32.0 Å². The molecule has 3 aromatic rings. The highest BCUT2D eigenvalue weighted by atomic mass is 16.4. The molecule has 0 saturated carbocycles. The molecule has 0 fully saturated rings. The number of carbonyl (C=O) groups excluding carboxylic acids is 1. The van der Waals surface area contributed by atoms with Gasteiger partial charge in [0, 0.05) is 18.9 Å². The maximum Gasteiger partial charge on any atom is 0.327 e. The van der Waals surface area contributed by atoms with Crippen molar-refractivity contribution in [3.63, 3.8) is 0 Å². The van der Waals surface area contributed by atoms with Gasteiger partial charge in [-0.15, -0.1) is 5.10 Å². The van der Waals surface area contributed by atoms with Gasteiger partial charge in [-0.25, -0.2) is 4.79 Å². The fourth-order valence-corrected chi connectivity index (χ4v) is 1.99. The zero-order valence-corrected chi connectivity index (χ0v) is 13.0. The van der Waals surface area contributed by atoms with Crippen LogP contribution in [0.25, 0.3) is 11.6 Å². The second kappa shape index (κ2) is 5.91. The summed E-state index contributed by atoms with van der Waals surface area (Å²) in [5.74, 6) is 0.243. The molecule has 0 bridgehead atoms. The summed E-state index contributed by atoms with van der Waals surface area (Å²) in [5, 5.41) is 17.0. The standard InChI is InChI=1S/C15H16N6O2/c1-9-4-5-11(8-10(9)2)16-14(22)17-15-19-18-13(23-15)12-6-7-21(3)20-12/h4-8H,1-3H3,(H2,16,17,19,22). The first-order valence-corrected chi connectivity index (χ1v) is 7.00. The van der Waals surface area contributed by atoms with Crippen molar-refractivity contribution in [1.82, 2.24) is 20.0 Å². The minimum Gasteiger partial charge on any atom is -0.401 e. The highest BCUT2D eigenvalue weighted by molar-refractivity contribution is 5.98. The number of aryl methyl sites for hydroxylation is 3. The van der Waals surface area contributed by atoms with Crippen LogP contribution < -0.4 is 10.6 Å². The third kappa shape index (κ3) is 3.37. The summed E-state index contributed by atoms with van der Waals surface area (Å²) in [4.78, 5) is 12.0. The summed E-state index contributed by atoms with van der Waals surface area (Å²) in [6.45, 7) is 3.99. The van der Waals surface area contributed by atoms with Gasteiger partial charge in [-0.2, -0.15) is 5.10 Å². The van der Waals surface area contributed by atoms with Crippen LogP contribution in [0.1, 0.15) is 11.1 Å². The molecule has 2 amide bonds. The minimum absolute atomic E-state index is 0.00647. The minimum atomic E-state index is -0.454. The van der Waals surface area contributed by atoms with Gasteiger partial charge in [0.15, 0.2) is 0 Å². The molecule has 8 heteroatoms. The fraction of sp³-hybridized carbons (Fsp3) is 0.200. The van der Waals surface area contributed by atoms with Crippen LogP contribution in [0, 0.1) is 13.8 Å². The molecule has 0 spiro atoms. The lowest BCUT2D eigenvalue weighted by molar-refractivity contribution is 0.261. The van der Waals surface area contributed by atoms with E-state index in [1.54, 1.807) is 24.0 Å². The molecule has 0 aliphatic carbocycles. The quantitative estimate of drug-likeness (QED) is 0.775. The van der Waals surface area contributed by atoms with Gasteiger partial charge in [0.2, 0.25) is 0 Å². The Kier molecular flexibility index (Phi) is 3.80. The smallest absolute Gasteiger partial charge is 0.327 e. The van der Waals surface area contributed by atoms with Crippen LogP contribution >= 0.6 is 0 Å². The summed E-state index contributed by atoms with van der Waals surface area (Å²) in [5.41, 5.74) is 3.49. The molecule has 0 aliphatic rings. The molecule has 0 saturated heterocycles. The second-order valence-corrected chi connectivity index (χ2v) is 5.17. The number of urea groups is 1. The Morgan fingerprint density at radius 1 is 1.13 bits per heavy atom. The van der Waals surface area contributed by atoms with Gasteiger partial charge in [-0.1, -0.05) is 11.2 Å². The Bertz CT molecular complexity index is 851. The number of hydrogen-bond donors (Lipinski definition) is 2. The molecule has 118 valence electrons. The van der Waals surface area contributed by atoms with Gasteiger partial charge in [0.05, 0.1) is 0 Å². The van der Waals surface area contributed by atoms with E-state index >= 15 is 0 Å². The average molecular weight is 312 g/mol. The van der Waals surface area contributed by atoms with E-state index in [1.165, 1.54) is 0 Å². The molecule has 2 aromatic heterocycles. The molecule has 1 aromatic carbocycles. The Morgan fingerprint density at radius 2 is 1.96 bits per heavy atom. The van der Waals surface area contributed by atoms with Crippen LogP contribution in [-0.4, -0.2) is 26.0 Å². The Morgan fingerprint density at radius 3 is 2.65 bits per heavy atom. The molecule has 0 unspecified atom stereocenters. The first kappa shape index (κ1) is 14.8. The van der Waals surface area contributed by atoms with Crippen molar-refractivity contribution in [2.24, 2.45) is 7.05 Å². The second-order valence-electron chi connectivity index (χ2n) is 5.17. The molecule has 3 rings (SSSR count). The van der Waals surface area contributed by atoms with Gasteiger partial charge < -0.3 is 9.73 Å². The van der Waals surface area contributed by atoms with E-state index in [9.17, 15) is 4.79 Å². The molecule has 8 nitrogen and oxygen atoms in total. The van der Waals surface area contributed by atoms with Gasteiger partial charge in [-0.3, -0.25) is 10.00 Å². The van der Waals surface area contributed by atoms with E-state index in [-0.39, 0.29) is 11.9 Å². The number of nitrogens with zero attached hydrogens (tertiary/aromatic N) is 4. The molecule has 2 N–H and O–H groups in total. The molecule has 2 heterocycles. The first-order valence-electron chi connectivity index (χ1n) is 7.00. The van der Waals surface area contributed by atoms with Gasteiger partial charge in [0.1, 0.15) is 5.69 Å². The monoisotopic (exact) mass is 312 g/mol. The van der Waals surface area contributed by atoms with E-state index in [0.29, 0.717) is 11.4 Å². The number of carbonyl (C=O) groups is 1. The van der Waals surface area contributed by atoms with Gasteiger partial charge in [0.25, 0.3) is 5.89 Å². The van der Waals surface area contributed by atoms with Crippen LogP contribution in [0.5, 0.6) is 0 Å². The lowest BCUT2D eigenvalue weighted by Crippen LogP contribution is -2.19. The lowest BCUT2D eigenvalue weighted by atomic mass is 10.1. The number of rotatable bonds is 3. The number of benzene rings is 1. The summed E-state index contributed by atoms with van der Waals surface area (Å²) in [6.07, 6.45) is 1.76. The number of hydrogen-bond acceptors (Lipinski definition) is 5. The largest absolute Gasteiger partial charge is 0.401 e. The maximum atomic E-state index is 12.0. The number of amides is 2. The Hall–Kier alpha value is -3.16. The van der Waals surface area contributed by atoms with Crippen molar-refractivity contribution in [1.29, 1.82) is 0 Å². The third-order valence-corrected chi connectivity index (χ3v) is 3.34. The van der Waals surface area contributed by atoms with Crippen LogP contribution in [0.3, 0.4) is 0 Å². The van der Waals surface area contributed by atoms with Crippen molar-refractivity contribution in [2.45, 2.75) is 13.8 Å². The van der Waals surface area contributed by atoms with E-state index in [4.69, 9.17) is 4.42 Å². The highest BCUT2D eigenvalue weighted by Gasteiger charge is 2.13. The Labute approximate surface area is 132 Å². The number of anilines is 2. The van der Waals surface area contributed by atoms with Crippen molar-refractivity contribution in [2.75, 3.05) is 10.6 Å². The highest BCUT2D eigenvalue weighted by Crippen LogP contribution is 2.18. The van der Waals surface area contributed by atoms with Crippen molar-refractivity contribution in [3.05, 3.63) is 41.6 Å². The van der Waals surface area contributed by atoms with Crippen LogP contribution in [-0.2, 0) is 7.05 Å². The zero-order chi connectivity index (χ0) is 16.4. The summed E-state index contributed by atoms with van der Waals surface area (Å²) in [6, 6.07) is 6.96. The van der Waals surface area contributed by atoms with Crippen LogP contribution in [0.4, 0.5) is 16.5 Å². The predicted octanol–water partition coefficient (Wildman–Crippen LogP) is 2.73. The molecular weight excluding hydrogens is 296 g/mol. The van der Waals surface area contributed by atoms with Gasteiger partial charge >= 0.3 is 12.0 Å². The third-order valence-electron chi connectivity index (χ3n) is 3.34. The molecular formula is C15H16N6O2. The normalized spacial score (nSPS) is 10.6. The topological polar surface area (TPSA) is 97.9 Å². The predicted molar refractivity (Wildman–Crippen MR) is 85.1 cm³/mol. The molecule has 0 radical (unpaired) electrons. The average Bonchev–Trinajstić information content (AvgIpc) is 3.12. The SMILES string of the molecule is Cc1ccc(NC(=O)Nc2nnc(-c3ccn(C)n3)o2)cc1C. The number of nitrogens with one attached hydrogen (secondary N) is 2. The fourth-order valence-electron chi connectivity index (χ4n) is 1.99. The summed E-state index contributed by atoms with van der Waals surface area (Å²) in [7, 11) is 1.79. The number of aromatic nitrogens is 4. The van der Waals surface area contributed by atoms with E-state index < -0.39 is 6.03 Å². The van der Waals surface area contributed by atoms with Crippen molar-refractivity contribution in [3.8, 4) is 11.6 Å². The zero-order valence-electron chi connectivity index (χ0n) is 13.0. The summed E-state index contributed by atoms with van der Waals surface area (Å²) >= 11 is 0. The van der Waals surface area contributed by atoms with E-state index in [2.05, 4.69) is 25.9 Å². The van der Waals surface area contributed by atoms with Crippen molar-refractivity contribution < 1.29 is 9.21 Å². The van der Waals surface area contributed by atoms with Crippen LogP contribution in [0.15, 0.2) is 34.9 Å². The lowest BCUT2D eigenvalue weighted by Gasteiger charge is -2.07. The maximum absolute atomic E-state index is 12.0. The molecule has 0 atom stereocenters. The molecule has 0 aliphatic heterocycles. The van der Waals surface area contributed by atoms with Crippen LogP contribution in [0.2, 0.25) is 0 Å². The summed E-state index contributed by atoms with van der Waals surface area (Å²) < 4.78 is 6.99. The first-order chi connectivity index (χ1) is 11.0.